The van der Waals surface area contributed by atoms with Crippen molar-refractivity contribution >= 4 is 5.91 Å². The largest absolute Gasteiger partial charge is 0.504 e. The molecule has 2 N–H and O–H groups in total. The first-order valence-electron chi connectivity index (χ1n) is 8.48. The molecule has 0 saturated carbocycles. The summed E-state index contributed by atoms with van der Waals surface area (Å²) in [5.41, 5.74) is 2.38. The number of methoxy groups -OCH3 is 1. The number of phenolic OH excluding ortho intramolecular Hbond substituents is 1. The molecule has 2 rings (SSSR count). The number of hydrogen-bond donors (Lipinski definition) is 2. The second-order valence-corrected chi connectivity index (χ2v) is 6.28. The van der Waals surface area contributed by atoms with Gasteiger partial charge in [-0.3, -0.25) is 4.79 Å². The Bertz CT molecular complexity index is 729. The molecule has 0 aliphatic heterocycles. The van der Waals surface area contributed by atoms with Gasteiger partial charge in [-0.25, -0.2) is 0 Å². The van der Waals surface area contributed by atoms with Crippen molar-refractivity contribution in [1.82, 2.24) is 9.80 Å². The molecule has 6 nitrogen and oxygen atoms in total. The van der Waals surface area contributed by atoms with E-state index in [4.69, 9.17) is 4.74 Å². The Morgan fingerprint density at radius 3 is 2.23 bits per heavy atom. The van der Waals surface area contributed by atoms with Crippen molar-refractivity contribution in [3.63, 3.8) is 0 Å². The van der Waals surface area contributed by atoms with E-state index in [0.717, 1.165) is 17.7 Å². The monoisotopic (exact) mass is 358 g/mol. The molecule has 6 heteroatoms. The van der Waals surface area contributed by atoms with E-state index < -0.39 is 0 Å². The molecule has 0 radical (unpaired) electrons. The molecule has 0 atom stereocenters. The number of hydrogen-bond acceptors (Lipinski definition) is 5. The molecule has 26 heavy (non-hydrogen) atoms. The highest BCUT2D eigenvalue weighted by atomic mass is 16.5. The lowest BCUT2D eigenvalue weighted by Crippen LogP contribution is -2.38. The Balaban J connectivity index is 2.18. The third-order valence-corrected chi connectivity index (χ3v) is 4.12. The van der Waals surface area contributed by atoms with Crippen molar-refractivity contribution in [3.05, 3.63) is 48.0 Å². The van der Waals surface area contributed by atoms with Gasteiger partial charge in [-0.15, -0.1) is 0 Å². The molecule has 1 amide bonds. The van der Waals surface area contributed by atoms with Gasteiger partial charge in [-0.05, 0) is 49.5 Å². The maximum Gasteiger partial charge on any atom is 0.253 e. The van der Waals surface area contributed by atoms with Gasteiger partial charge < -0.3 is 24.7 Å². The standard InChI is InChI=1S/C20H26N2O4/c1-21(2)10-11-22(12-13-23)20(25)16-6-4-15(5-7-16)17-8-9-18(24)19(14-17)26-3/h4-9,14,23-24H,10-13H2,1-3H3. The predicted octanol–water partition coefficient (Wildman–Crippen LogP) is 2.06. The number of benzene rings is 2. The molecule has 2 aromatic carbocycles. The van der Waals surface area contributed by atoms with Crippen molar-refractivity contribution in [3.8, 4) is 22.6 Å². The molecule has 0 bridgehead atoms. The first kappa shape index (κ1) is 19.8. The molecule has 0 aromatic heterocycles. The van der Waals surface area contributed by atoms with Crippen LogP contribution in [-0.4, -0.2) is 73.4 Å². The number of aliphatic hydroxyl groups is 1. The number of likely N-dealkylation sites (N-methyl/N-ethyl adjacent to an activating group) is 1. The minimum atomic E-state index is -0.101. The Morgan fingerprint density at radius 1 is 1.00 bits per heavy atom. The highest BCUT2D eigenvalue weighted by Gasteiger charge is 2.15. The Kier molecular flexibility index (Phi) is 7.00. The van der Waals surface area contributed by atoms with Gasteiger partial charge >= 0.3 is 0 Å². The van der Waals surface area contributed by atoms with Gasteiger partial charge in [-0.1, -0.05) is 18.2 Å². The summed E-state index contributed by atoms with van der Waals surface area (Å²) in [5.74, 6) is 0.389. The van der Waals surface area contributed by atoms with Crippen LogP contribution in [0, 0.1) is 0 Å². The molecule has 0 unspecified atom stereocenters. The molecule has 2 aromatic rings. The van der Waals surface area contributed by atoms with Crippen LogP contribution in [0.4, 0.5) is 0 Å². The average Bonchev–Trinajstić information content (AvgIpc) is 2.65. The number of carbonyl (C=O) groups is 1. The number of rotatable bonds is 8. The molecule has 0 heterocycles. The van der Waals surface area contributed by atoms with Crippen LogP contribution in [0.3, 0.4) is 0 Å². The Hall–Kier alpha value is -2.57. The topological polar surface area (TPSA) is 73.2 Å². The van der Waals surface area contributed by atoms with Crippen LogP contribution < -0.4 is 4.74 Å². The number of nitrogens with zero attached hydrogens (tertiary/aromatic N) is 2. The number of aliphatic hydroxyl groups excluding tert-OH is 1. The van der Waals surface area contributed by atoms with Crippen molar-refractivity contribution < 1.29 is 19.7 Å². The van der Waals surface area contributed by atoms with Gasteiger partial charge in [0.2, 0.25) is 0 Å². The zero-order valence-corrected chi connectivity index (χ0v) is 15.5. The summed E-state index contributed by atoms with van der Waals surface area (Å²) in [6.45, 7) is 1.54. The van der Waals surface area contributed by atoms with Crippen molar-refractivity contribution in [2.75, 3.05) is 47.4 Å². The van der Waals surface area contributed by atoms with Crippen LogP contribution in [0.1, 0.15) is 10.4 Å². The number of aromatic hydroxyl groups is 1. The van der Waals surface area contributed by atoms with E-state index >= 15 is 0 Å². The maximum absolute atomic E-state index is 12.7. The lowest BCUT2D eigenvalue weighted by Gasteiger charge is -2.23. The van der Waals surface area contributed by atoms with Gasteiger partial charge in [-0.2, -0.15) is 0 Å². The molecular formula is C20H26N2O4. The van der Waals surface area contributed by atoms with Crippen LogP contribution in [0.2, 0.25) is 0 Å². The van der Waals surface area contributed by atoms with Crippen LogP contribution in [0.15, 0.2) is 42.5 Å². The van der Waals surface area contributed by atoms with E-state index in [1.807, 2.05) is 31.1 Å². The summed E-state index contributed by atoms with van der Waals surface area (Å²) in [4.78, 5) is 16.3. The first-order chi connectivity index (χ1) is 12.5. The van der Waals surface area contributed by atoms with E-state index in [0.29, 0.717) is 24.4 Å². The van der Waals surface area contributed by atoms with Gasteiger partial charge in [0.1, 0.15) is 0 Å². The van der Waals surface area contributed by atoms with Crippen LogP contribution in [0.5, 0.6) is 11.5 Å². The first-order valence-corrected chi connectivity index (χ1v) is 8.48. The number of phenols is 1. The zero-order valence-electron chi connectivity index (χ0n) is 15.5. The predicted molar refractivity (Wildman–Crippen MR) is 102 cm³/mol. The fraction of sp³-hybridized carbons (Fsp3) is 0.350. The van der Waals surface area contributed by atoms with Crippen molar-refractivity contribution in [1.29, 1.82) is 0 Å². The van der Waals surface area contributed by atoms with E-state index in [9.17, 15) is 15.0 Å². The molecule has 0 spiro atoms. The van der Waals surface area contributed by atoms with Gasteiger partial charge in [0, 0.05) is 25.2 Å². The number of carbonyl (C=O) groups excluding carboxylic acids is 1. The molecule has 0 aliphatic carbocycles. The van der Waals surface area contributed by atoms with Crippen LogP contribution in [0.25, 0.3) is 11.1 Å². The van der Waals surface area contributed by atoms with Crippen LogP contribution in [-0.2, 0) is 0 Å². The maximum atomic E-state index is 12.7. The minimum Gasteiger partial charge on any atom is -0.504 e. The number of ether oxygens (including phenoxy) is 1. The van der Waals surface area contributed by atoms with E-state index in [1.54, 1.807) is 35.2 Å². The molecule has 0 aliphatic rings. The lowest BCUT2D eigenvalue weighted by molar-refractivity contribution is 0.0710. The summed E-state index contributed by atoms with van der Waals surface area (Å²) in [6, 6.07) is 12.4. The molecule has 0 saturated heterocycles. The second-order valence-electron chi connectivity index (χ2n) is 6.28. The quantitative estimate of drug-likeness (QED) is 0.756. The fourth-order valence-corrected chi connectivity index (χ4v) is 2.60. The minimum absolute atomic E-state index is 0.0649. The van der Waals surface area contributed by atoms with Gasteiger partial charge in [0.15, 0.2) is 11.5 Å². The molecular weight excluding hydrogens is 332 g/mol. The van der Waals surface area contributed by atoms with Gasteiger partial charge in [0.25, 0.3) is 5.91 Å². The summed E-state index contributed by atoms with van der Waals surface area (Å²) >= 11 is 0. The van der Waals surface area contributed by atoms with Crippen LogP contribution >= 0.6 is 0 Å². The fourth-order valence-electron chi connectivity index (χ4n) is 2.60. The highest BCUT2D eigenvalue weighted by molar-refractivity contribution is 5.94. The highest BCUT2D eigenvalue weighted by Crippen LogP contribution is 2.31. The average molecular weight is 358 g/mol. The summed E-state index contributed by atoms with van der Waals surface area (Å²) < 4.78 is 5.14. The smallest absolute Gasteiger partial charge is 0.253 e. The molecule has 0 fully saturated rings. The van der Waals surface area contributed by atoms with Crippen molar-refractivity contribution in [2.45, 2.75) is 0 Å². The SMILES string of the molecule is COc1cc(-c2ccc(C(=O)N(CCO)CCN(C)C)cc2)ccc1O. The third kappa shape index (κ3) is 4.97. The zero-order chi connectivity index (χ0) is 19.1. The summed E-state index contributed by atoms with van der Waals surface area (Å²) in [6.07, 6.45) is 0. The summed E-state index contributed by atoms with van der Waals surface area (Å²) in [7, 11) is 5.40. The van der Waals surface area contributed by atoms with Gasteiger partial charge in [0.05, 0.1) is 13.7 Å². The Labute approximate surface area is 154 Å². The summed E-state index contributed by atoms with van der Waals surface area (Å²) in [5, 5.41) is 18.9. The normalized spacial score (nSPS) is 10.8. The number of amides is 1. The van der Waals surface area contributed by atoms with E-state index in [2.05, 4.69) is 0 Å². The van der Waals surface area contributed by atoms with Crippen molar-refractivity contribution in [2.24, 2.45) is 0 Å². The lowest BCUT2D eigenvalue weighted by atomic mass is 10.0. The van der Waals surface area contributed by atoms with E-state index in [1.165, 1.54) is 7.11 Å². The Morgan fingerprint density at radius 2 is 1.65 bits per heavy atom. The second kappa shape index (κ2) is 9.22. The van der Waals surface area contributed by atoms with E-state index in [-0.39, 0.29) is 18.3 Å². The molecule has 140 valence electrons. The third-order valence-electron chi connectivity index (χ3n) is 4.12.